The molecule has 0 aliphatic carbocycles. The van der Waals surface area contributed by atoms with Crippen LogP contribution in [0.15, 0.2) is 36.5 Å². The maximum absolute atomic E-state index is 5.88. The molecular weight excluding hydrogens is 268 g/mol. The molecule has 0 amide bonds. The van der Waals surface area contributed by atoms with E-state index in [0.29, 0.717) is 6.54 Å². The first-order valence-corrected chi connectivity index (χ1v) is 6.76. The molecule has 4 nitrogen and oxygen atoms in total. The van der Waals surface area contributed by atoms with Gasteiger partial charge in [-0.25, -0.2) is 0 Å². The van der Waals surface area contributed by atoms with Crippen LogP contribution >= 0.6 is 22.9 Å². The highest BCUT2D eigenvalue weighted by molar-refractivity contribution is 7.16. The number of fused-ring (bicyclic) bond motifs is 1. The monoisotopic (exact) mass is 278 g/mol. The molecular formula is C12H11ClN4S. The molecule has 3 aromatic heterocycles. The topological polar surface area (TPSA) is 42.2 Å². The van der Waals surface area contributed by atoms with Crippen molar-refractivity contribution in [2.24, 2.45) is 0 Å². The van der Waals surface area contributed by atoms with E-state index >= 15 is 0 Å². The Hall–Kier alpha value is -1.43. The molecule has 18 heavy (non-hydrogen) atoms. The van der Waals surface area contributed by atoms with Crippen LogP contribution in [0.3, 0.4) is 0 Å². The summed E-state index contributed by atoms with van der Waals surface area (Å²) < 4.78 is 2.80. The Morgan fingerprint density at radius 2 is 2.11 bits per heavy atom. The standard InChI is InChI=1S/C12H11ClN4S/c13-10-5-4-9(18-10)7-14-8-12-16-15-11-3-1-2-6-17(11)12/h1-6,14H,7-8H2. The SMILES string of the molecule is Clc1ccc(CNCc2nnc3ccccn23)s1. The highest BCUT2D eigenvalue weighted by Crippen LogP contribution is 2.21. The van der Waals surface area contributed by atoms with E-state index < -0.39 is 0 Å². The Bertz CT molecular complexity index is 661. The number of nitrogens with one attached hydrogen (secondary N) is 1. The molecule has 0 bridgehead atoms. The van der Waals surface area contributed by atoms with E-state index in [1.54, 1.807) is 11.3 Å². The van der Waals surface area contributed by atoms with Crippen molar-refractivity contribution in [2.75, 3.05) is 0 Å². The molecule has 6 heteroatoms. The van der Waals surface area contributed by atoms with Crippen molar-refractivity contribution in [3.05, 3.63) is 51.6 Å². The summed E-state index contributed by atoms with van der Waals surface area (Å²) in [5.41, 5.74) is 0.869. The summed E-state index contributed by atoms with van der Waals surface area (Å²) in [6.45, 7) is 1.47. The summed E-state index contributed by atoms with van der Waals surface area (Å²) in [5, 5.41) is 11.6. The van der Waals surface area contributed by atoms with Gasteiger partial charge in [0, 0.05) is 17.6 Å². The maximum atomic E-state index is 5.88. The van der Waals surface area contributed by atoms with Gasteiger partial charge in [-0.3, -0.25) is 4.40 Å². The molecule has 3 rings (SSSR count). The molecule has 0 saturated heterocycles. The summed E-state index contributed by atoms with van der Waals surface area (Å²) in [6.07, 6.45) is 1.97. The van der Waals surface area contributed by atoms with E-state index in [0.717, 1.165) is 22.4 Å². The molecule has 0 aliphatic heterocycles. The van der Waals surface area contributed by atoms with Crippen LogP contribution in [0.1, 0.15) is 10.7 Å². The van der Waals surface area contributed by atoms with Crippen LogP contribution in [0.4, 0.5) is 0 Å². The minimum absolute atomic E-state index is 0.681. The predicted octanol–water partition coefficient (Wildman–Crippen LogP) is 2.73. The lowest BCUT2D eigenvalue weighted by Gasteiger charge is -2.01. The molecule has 92 valence electrons. The number of pyridine rings is 1. The highest BCUT2D eigenvalue weighted by atomic mass is 35.5. The van der Waals surface area contributed by atoms with Crippen LogP contribution in [0.5, 0.6) is 0 Å². The van der Waals surface area contributed by atoms with E-state index in [1.165, 1.54) is 4.88 Å². The fourth-order valence-electron chi connectivity index (χ4n) is 1.76. The first kappa shape index (κ1) is 11.6. The van der Waals surface area contributed by atoms with Crippen molar-refractivity contribution in [2.45, 2.75) is 13.1 Å². The quantitative estimate of drug-likeness (QED) is 0.798. The van der Waals surface area contributed by atoms with Crippen molar-refractivity contribution in [3.8, 4) is 0 Å². The molecule has 0 saturated carbocycles. The average molecular weight is 279 g/mol. The fraction of sp³-hybridized carbons (Fsp3) is 0.167. The van der Waals surface area contributed by atoms with Crippen molar-refractivity contribution in [1.29, 1.82) is 0 Å². The third-order valence-electron chi connectivity index (χ3n) is 2.60. The van der Waals surface area contributed by atoms with Gasteiger partial charge in [0.25, 0.3) is 0 Å². The molecule has 0 atom stereocenters. The second-order valence-electron chi connectivity index (χ2n) is 3.85. The molecule has 0 radical (unpaired) electrons. The fourth-order valence-corrected chi connectivity index (χ4v) is 2.81. The number of hydrogen-bond acceptors (Lipinski definition) is 4. The minimum Gasteiger partial charge on any atom is -0.305 e. The Labute approximate surface area is 113 Å². The zero-order chi connectivity index (χ0) is 12.4. The van der Waals surface area contributed by atoms with Crippen LogP contribution in [-0.2, 0) is 13.1 Å². The maximum Gasteiger partial charge on any atom is 0.160 e. The Morgan fingerprint density at radius 1 is 1.17 bits per heavy atom. The van der Waals surface area contributed by atoms with Crippen molar-refractivity contribution in [3.63, 3.8) is 0 Å². The third-order valence-corrected chi connectivity index (χ3v) is 3.83. The number of aromatic nitrogens is 3. The summed E-state index contributed by atoms with van der Waals surface area (Å²) >= 11 is 7.47. The van der Waals surface area contributed by atoms with Gasteiger partial charge in [-0.1, -0.05) is 17.7 Å². The number of rotatable bonds is 4. The first-order valence-electron chi connectivity index (χ1n) is 5.56. The van der Waals surface area contributed by atoms with Gasteiger partial charge in [-0.2, -0.15) is 0 Å². The Balaban J connectivity index is 1.66. The zero-order valence-electron chi connectivity index (χ0n) is 9.51. The zero-order valence-corrected chi connectivity index (χ0v) is 11.1. The minimum atomic E-state index is 0.681. The molecule has 0 aromatic carbocycles. The highest BCUT2D eigenvalue weighted by Gasteiger charge is 2.04. The van der Waals surface area contributed by atoms with Crippen LogP contribution in [0.25, 0.3) is 5.65 Å². The summed E-state index contributed by atoms with van der Waals surface area (Å²) in [6, 6.07) is 9.81. The van der Waals surface area contributed by atoms with Gasteiger partial charge >= 0.3 is 0 Å². The average Bonchev–Trinajstić information content (AvgIpc) is 2.97. The second-order valence-corrected chi connectivity index (χ2v) is 5.65. The Morgan fingerprint density at radius 3 is 2.94 bits per heavy atom. The lowest BCUT2D eigenvalue weighted by Crippen LogP contribution is -2.14. The van der Waals surface area contributed by atoms with Crippen molar-refractivity contribution in [1.82, 2.24) is 19.9 Å². The van der Waals surface area contributed by atoms with Crippen LogP contribution in [0.2, 0.25) is 4.34 Å². The molecule has 0 unspecified atom stereocenters. The van der Waals surface area contributed by atoms with Gasteiger partial charge in [-0.15, -0.1) is 21.5 Å². The van der Waals surface area contributed by atoms with E-state index in [9.17, 15) is 0 Å². The van der Waals surface area contributed by atoms with Gasteiger partial charge in [0.05, 0.1) is 10.9 Å². The van der Waals surface area contributed by atoms with Gasteiger partial charge in [0.15, 0.2) is 11.5 Å². The van der Waals surface area contributed by atoms with Crippen LogP contribution in [0, 0.1) is 0 Å². The Kier molecular flexibility index (Phi) is 3.27. The molecule has 3 aromatic rings. The second kappa shape index (κ2) is 5.06. The molecule has 0 aliphatic rings. The first-order chi connectivity index (χ1) is 8.83. The largest absolute Gasteiger partial charge is 0.305 e. The van der Waals surface area contributed by atoms with Gasteiger partial charge in [0.2, 0.25) is 0 Å². The van der Waals surface area contributed by atoms with Gasteiger partial charge in [-0.05, 0) is 24.3 Å². The normalized spacial score (nSPS) is 11.2. The van der Waals surface area contributed by atoms with E-state index in [4.69, 9.17) is 11.6 Å². The van der Waals surface area contributed by atoms with Crippen molar-refractivity contribution >= 4 is 28.6 Å². The number of thiophene rings is 1. The lowest BCUT2D eigenvalue weighted by molar-refractivity contribution is 0.662. The summed E-state index contributed by atoms with van der Waals surface area (Å²) in [7, 11) is 0. The van der Waals surface area contributed by atoms with E-state index in [2.05, 4.69) is 15.5 Å². The molecule has 0 spiro atoms. The van der Waals surface area contributed by atoms with Crippen LogP contribution in [-0.4, -0.2) is 14.6 Å². The van der Waals surface area contributed by atoms with Crippen molar-refractivity contribution < 1.29 is 0 Å². The van der Waals surface area contributed by atoms with Crippen LogP contribution < -0.4 is 5.32 Å². The molecule has 1 N–H and O–H groups in total. The number of halogens is 1. The summed E-state index contributed by atoms with van der Waals surface area (Å²) in [4.78, 5) is 1.22. The number of hydrogen-bond donors (Lipinski definition) is 1. The van der Waals surface area contributed by atoms with E-state index in [-0.39, 0.29) is 0 Å². The lowest BCUT2D eigenvalue weighted by atomic mass is 10.4. The smallest absolute Gasteiger partial charge is 0.160 e. The van der Waals surface area contributed by atoms with Gasteiger partial charge in [0.1, 0.15) is 0 Å². The molecule has 3 heterocycles. The third kappa shape index (κ3) is 2.38. The van der Waals surface area contributed by atoms with E-state index in [1.807, 2.05) is 40.9 Å². The molecule has 0 fully saturated rings. The van der Waals surface area contributed by atoms with Gasteiger partial charge < -0.3 is 5.32 Å². The number of nitrogens with zero attached hydrogens (tertiary/aromatic N) is 3. The summed E-state index contributed by atoms with van der Waals surface area (Å²) in [5.74, 6) is 0.910. The predicted molar refractivity (Wildman–Crippen MR) is 72.9 cm³/mol.